The van der Waals surface area contributed by atoms with Gasteiger partial charge in [-0.15, -0.1) is 0 Å². The summed E-state index contributed by atoms with van der Waals surface area (Å²) in [5.41, 5.74) is 4.34. The highest BCUT2D eigenvalue weighted by atomic mass is 16.5. The maximum absolute atomic E-state index is 12.7. The number of aromatic nitrogens is 6. The Hall–Kier alpha value is -4.46. The first-order chi connectivity index (χ1) is 15.7. The van der Waals surface area contributed by atoms with Crippen LogP contribution >= 0.6 is 0 Å². The van der Waals surface area contributed by atoms with Gasteiger partial charge in [0, 0.05) is 18.3 Å². The van der Waals surface area contributed by atoms with Gasteiger partial charge in [-0.05, 0) is 48.9 Å². The van der Waals surface area contributed by atoms with Crippen LogP contribution in [0.5, 0.6) is 5.88 Å². The highest BCUT2D eigenvalue weighted by molar-refractivity contribution is 5.57. The van der Waals surface area contributed by atoms with Gasteiger partial charge in [0.25, 0.3) is 0 Å². The Morgan fingerprint density at radius 1 is 0.844 bits per heavy atom. The molecule has 0 atom stereocenters. The maximum Gasteiger partial charge on any atom is 0.216 e. The molecule has 0 saturated heterocycles. The third kappa shape index (κ3) is 3.37. The number of nitrogens with zero attached hydrogens (tertiary/aromatic N) is 6. The SMILES string of the molecule is COc1ccnn1-c1ccc(-n2ccc(=O)c(-c3ccnn3-c3ccccc3)n2)c(C)c1. The number of aryl methyl sites for hydroxylation is 1. The monoisotopic (exact) mass is 424 g/mol. The summed E-state index contributed by atoms with van der Waals surface area (Å²) in [7, 11) is 1.61. The van der Waals surface area contributed by atoms with Crippen molar-refractivity contribution in [2.75, 3.05) is 7.11 Å². The third-order valence-electron chi connectivity index (χ3n) is 5.18. The van der Waals surface area contributed by atoms with Gasteiger partial charge in [-0.1, -0.05) is 18.2 Å². The van der Waals surface area contributed by atoms with Crippen molar-refractivity contribution in [1.29, 1.82) is 0 Å². The molecular formula is C24H20N6O2. The van der Waals surface area contributed by atoms with Crippen LogP contribution in [0.25, 0.3) is 28.5 Å². The zero-order valence-electron chi connectivity index (χ0n) is 17.6. The van der Waals surface area contributed by atoms with Gasteiger partial charge < -0.3 is 4.74 Å². The van der Waals surface area contributed by atoms with E-state index in [0.717, 1.165) is 22.6 Å². The van der Waals surface area contributed by atoms with E-state index in [9.17, 15) is 4.79 Å². The Kier molecular flexibility index (Phi) is 4.87. The van der Waals surface area contributed by atoms with E-state index in [1.165, 1.54) is 6.07 Å². The van der Waals surface area contributed by atoms with E-state index >= 15 is 0 Å². The number of methoxy groups -OCH3 is 1. The Labute approximate surface area is 183 Å². The van der Waals surface area contributed by atoms with Gasteiger partial charge in [0.2, 0.25) is 11.3 Å². The van der Waals surface area contributed by atoms with Gasteiger partial charge in [-0.2, -0.15) is 15.3 Å². The molecule has 8 nitrogen and oxygen atoms in total. The van der Waals surface area contributed by atoms with Crippen LogP contribution in [-0.4, -0.2) is 36.5 Å². The van der Waals surface area contributed by atoms with Gasteiger partial charge in [-0.3, -0.25) is 4.79 Å². The third-order valence-corrected chi connectivity index (χ3v) is 5.18. The van der Waals surface area contributed by atoms with Gasteiger partial charge in [0.1, 0.15) is 0 Å². The zero-order valence-corrected chi connectivity index (χ0v) is 17.6. The Bertz CT molecular complexity index is 1450. The number of rotatable bonds is 5. The topological polar surface area (TPSA) is 79.8 Å². The van der Waals surface area contributed by atoms with E-state index in [4.69, 9.17) is 4.74 Å². The summed E-state index contributed by atoms with van der Waals surface area (Å²) >= 11 is 0. The molecular weight excluding hydrogens is 404 g/mol. The molecule has 3 heterocycles. The van der Waals surface area contributed by atoms with Crippen LogP contribution in [0, 0.1) is 6.92 Å². The number of hydrogen-bond donors (Lipinski definition) is 0. The lowest BCUT2D eigenvalue weighted by molar-refractivity contribution is 0.383. The van der Waals surface area contributed by atoms with Crippen molar-refractivity contribution in [1.82, 2.24) is 29.3 Å². The number of hydrogen-bond acceptors (Lipinski definition) is 5. The molecule has 0 aliphatic heterocycles. The second-order valence-corrected chi connectivity index (χ2v) is 7.19. The van der Waals surface area contributed by atoms with Crippen molar-refractivity contribution in [2.24, 2.45) is 0 Å². The normalized spacial score (nSPS) is 10.9. The number of para-hydroxylation sites is 1. The van der Waals surface area contributed by atoms with E-state index in [1.807, 2.05) is 55.5 Å². The molecule has 32 heavy (non-hydrogen) atoms. The Balaban J connectivity index is 1.57. The summed E-state index contributed by atoms with van der Waals surface area (Å²) in [6.45, 7) is 1.99. The fraction of sp³-hybridized carbons (Fsp3) is 0.0833. The van der Waals surface area contributed by atoms with Crippen LogP contribution < -0.4 is 10.2 Å². The summed E-state index contributed by atoms with van der Waals surface area (Å²) in [5.74, 6) is 0.648. The van der Waals surface area contributed by atoms with Crippen LogP contribution in [0.2, 0.25) is 0 Å². The molecule has 2 aromatic carbocycles. The predicted octanol–water partition coefficient (Wildman–Crippen LogP) is 3.59. The first kappa shape index (κ1) is 19.5. The summed E-state index contributed by atoms with van der Waals surface area (Å²) in [5, 5.41) is 13.4. The molecule has 3 aromatic heterocycles. The van der Waals surface area contributed by atoms with Crippen LogP contribution in [0.15, 0.2) is 90.1 Å². The average Bonchev–Trinajstić information content (AvgIpc) is 3.50. The molecule has 158 valence electrons. The fourth-order valence-corrected chi connectivity index (χ4v) is 3.64. The molecule has 0 spiro atoms. The highest BCUT2D eigenvalue weighted by Gasteiger charge is 2.15. The smallest absolute Gasteiger partial charge is 0.216 e. The quantitative estimate of drug-likeness (QED) is 0.431. The van der Waals surface area contributed by atoms with E-state index < -0.39 is 0 Å². The van der Waals surface area contributed by atoms with Crippen molar-refractivity contribution in [3.05, 3.63) is 101 Å². The predicted molar refractivity (Wildman–Crippen MR) is 121 cm³/mol. The minimum atomic E-state index is -0.172. The molecule has 0 bridgehead atoms. The van der Waals surface area contributed by atoms with Gasteiger partial charge in [-0.25, -0.2) is 14.0 Å². The lowest BCUT2D eigenvalue weighted by Crippen LogP contribution is -2.15. The lowest BCUT2D eigenvalue weighted by Gasteiger charge is -2.13. The maximum atomic E-state index is 12.7. The number of benzene rings is 2. The van der Waals surface area contributed by atoms with Gasteiger partial charge >= 0.3 is 0 Å². The second kappa shape index (κ2) is 7.99. The van der Waals surface area contributed by atoms with E-state index in [1.54, 1.807) is 51.9 Å². The van der Waals surface area contributed by atoms with Crippen molar-refractivity contribution < 1.29 is 4.74 Å². The lowest BCUT2D eigenvalue weighted by atomic mass is 10.1. The molecule has 0 N–H and O–H groups in total. The number of ether oxygens (including phenoxy) is 1. The van der Waals surface area contributed by atoms with Crippen LogP contribution in [0.1, 0.15) is 5.56 Å². The van der Waals surface area contributed by atoms with E-state index in [0.29, 0.717) is 17.3 Å². The molecule has 5 aromatic rings. The van der Waals surface area contributed by atoms with E-state index in [-0.39, 0.29) is 5.43 Å². The highest BCUT2D eigenvalue weighted by Crippen LogP contribution is 2.23. The van der Waals surface area contributed by atoms with Crippen LogP contribution in [0.4, 0.5) is 0 Å². The molecule has 0 unspecified atom stereocenters. The van der Waals surface area contributed by atoms with Gasteiger partial charge in [0.05, 0.1) is 42.3 Å². The molecule has 0 fully saturated rings. The summed E-state index contributed by atoms with van der Waals surface area (Å²) in [6.07, 6.45) is 5.03. The summed E-state index contributed by atoms with van der Waals surface area (Å²) in [6, 6.07) is 20.7. The Morgan fingerprint density at radius 3 is 2.41 bits per heavy atom. The largest absolute Gasteiger partial charge is 0.481 e. The molecule has 5 rings (SSSR count). The molecule has 0 radical (unpaired) electrons. The first-order valence-electron chi connectivity index (χ1n) is 10.0. The van der Waals surface area contributed by atoms with Crippen LogP contribution in [0.3, 0.4) is 0 Å². The van der Waals surface area contributed by atoms with Crippen LogP contribution in [-0.2, 0) is 0 Å². The summed E-state index contributed by atoms with van der Waals surface area (Å²) < 4.78 is 10.5. The summed E-state index contributed by atoms with van der Waals surface area (Å²) in [4.78, 5) is 12.7. The molecule has 8 heteroatoms. The van der Waals surface area contributed by atoms with Gasteiger partial charge in [0.15, 0.2) is 5.69 Å². The molecule has 0 aliphatic carbocycles. The standard InChI is InChI=1S/C24H20N6O2/c1-17-16-19(30-23(32-2)11-14-26-30)8-9-20(17)28-15-12-22(31)24(27-28)21-10-13-25-29(21)18-6-4-3-5-7-18/h3-16H,1-2H3. The molecule has 0 aliphatic rings. The van der Waals surface area contributed by atoms with Crippen molar-refractivity contribution >= 4 is 0 Å². The minimum absolute atomic E-state index is 0.172. The average molecular weight is 424 g/mol. The zero-order chi connectivity index (χ0) is 22.1. The Morgan fingerprint density at radius 2 is 1.62 bits per heavy atom. The fourth-order valence-electron chi connectivity index (χ4n) is 3.64. The van der Waals surface area contributed by atoms with E-state index in [2.05, 4.69) is 15.3 Å². The second-order valence-electron chi connectivity index (χ2n) is 7.19. The van der Waals surface area contributed by atoms with Crippen molar-refractivity contribution in [3.8, 4) is 34.3 Å². The van der Waals surface area contributed by atoms with Crippen molar-refractivity contribution in [2.45, 2.75) is 6.92 Å². The first-order valence-corrected chi connectivity index (χ1v) is 10.0. The molecule has 0 amide bonds. The minimum Gasteiger partial charge on any atom is -0.481 e. The van der Waals surface area contributed by atoms with Crippen molar-refractivity contribution in [3.63, 3.8) is 0 Å². The molecule has 0 saturated carbocycles.